The fourth-order valence-corrected chi connectivity index (χ4v) is 7.00. The third kappa shape index (κ3) is 32.2. The number of carbonyl (C=O) groups excluding carboxylic acids is 7. The first-order chi connectivity index (χ1) is 46.8. The first-order valence-corrected chi connectivity index (χ1v) is 27.8. The number of amides is 3. The summed E-state index contributed by atoms with van der Waals surface area (Å²) in [7, 11) is 19.8. The lowest BCUT2D eigenvalue weighted by Crippen LogP contribution is -2.34. The Hall–Kier alpha value is -9.38. The van der Waals surface area contributed by atoms with Crippen LogP contribution < -0.4 is 31.8 Å². The number of ether oxygens (including phenoxy) is 12. The molecule has 1 aromatic heterocycles. The molecule has 4 rings (SSSR count). The Balaban J connectivity index is 0. The molecule has 3 amide bonds. The molecule has 99 heavy (non-hydrogen) atoms. The highest BCUT2D eigenvalue weighted by molar-refractivity contribution is 6.29. The number of hydrogen-bond donors (Lipinski definition) is 6. The number of benzene rings is 3. The Morgan fingerprint density at radius 2 is 0.970 bits per heavy atom. The number of nitrogens with zero attached hydrogens (tertiary/aromatic N) is 3. The summed E-state index contributed by atoms with van der Waals surface area (Å²) in [6.45, 7) is -2.06. The third-order valence-corrected chi connectivity index (χ3v) is 11.8. The molecule has 4 aromatic rings. The van der Waals surface area contributed by atoms with Crippen molar-refractivity contribution in [3.63, 3.8) is 0 Å². The number of methoxy groups -OCH3 is 12. The van der Waals surface area contributed by atoms with Crippen molar-refractivity contribution in [3.05, 3.63) is 156 Å². The lowest BCUT2D eigenvalue weighted by molar-refractivity contribution is -0.164. The summed E-state index contributed by atoms with van der Waals surface area (Å²) in [5.74, 6) is -17.3. The molecule has 0 spiro atoms. The zero-order valence-electron chi connectivity index (χ0n) is 56.5. The zero-order chi connectivity index (χ0) is 76.2. The Kier molecular flexibility index (Phi) is 46.3. The van der Waals surface area contributed by atoms with Gasteiger partial charge in [0.05, 0.1) is 47.1 Å². The van der Waals surface area contributed by atoms with E-state index in [0.717, 1.165) is 52.5 Å². The van der Waals surface area contributed by atoms with E-state index in [4.69, 9.17) is 53.5 Å². The molecule has 38 heteroatoms. The van der Waals surface area contributed by atoms with Crippen molar-refractivity contribution in [2.45, 2.75) is 45.0 Å². The number of ketones is 1. The normalized spacial score (nSPS) is 11.0. The molecular weight excluding hydrogens is 1350 g/mol. The average Bonchev–Trinajstić information content (AvgIpc) is 0.781. The summed E-state index contributed by atoms with van der Waals surface area (Å²) < 4.78 is 179. The maximum absolute atomic E-state index is 13.8. The number of aromatic nitrogens is 1. The molecule has 554 valence electrons. The van der Waals surface area contributed by atoms with Gasteiger partial charge in [0.25, 0.3) is 17.7 Å². The Bertz CT molecular complexity index is 3320. The first-order valence-electron chi connectivity index (χ1n) is 27.8. The third-order valence-electron chi connectivity index (χ3n) is 11.8. The van der Waals surface area contributed by atoms with Gasteiger partial charge in [-0.25, -0.2) is 53.9 Å². The van der Waals surface area contributed by atoms with E-state index in [1.165, 1.54) is 53.8 Å². The van der Waals surface area contributed by atoms with Gasteiger partial charge in [-0.3, -0.25) is 29.0 Å². The number of halogens is 9. The number of hydrogen-bond acceptors (Lipinski definition) is 25. The van der Waals surface area contributed by atoms with Crippen LogP contribution in [0.5, 0.6) is 5.75 Å². The quantitative estimate of drug-likeness (QED) is 0.00433. The molecule has 0 atom stereocenters. The lowest BCUT2D eigenvalue weighted by Gasteiger charge is -2.20. The minimum Gasteiger partial charge on any atom is -0.509 e. The topological polar surface area (TPSA) is 370 Å². The highest BCUT2D eigenvalue weighted by Gasteiger charge is 2.28. The summed E-state index contributed by atoms with van der Waals surface area (Å²) >= 11 is 0. The molecule has 0 fully saturated rings. The van der Waals surface area contributed by atoms with Gasteiger partial charge in [0, 0.05) is 176 Å². The number of carbonyl (C=O) groups is 7. The van der Waals surface area contributed by atoms with Gasteiger partial charge in [0.2, 0.25) is 5.43 Å². The van der Waals surface area contributed by atoms with Crippen molar-refractivity contribution >= 4 is 47.6 Å². The number of pyridine rings is 1. The van der Waals surface area contributed by atoms with Crippen LogP contribution in [0.25, 0.3) is 0 Å². The fraction of sp³-hybridized carbons (Fsp3) is 0.426. The highest BCUT2D eigenvalue weighted by atomic mass is 19.2. The van der Waals surface area contributed by atoms with Crippen LogP contribution >= 0.6 is 0 Å². The van der Waals surface area contributed by atoms with Crippen molar-refractivity contribution < 1.29 is 140 Å². The Labute approximate surface area is 562 Å². The predicted octanol–water partition coefficient (Wildman–Crippen LogP) is 3.36. The standard InChI is InChI=1S/C20H21F3N2O7.C17H21F3N2O5.C15H17F3N2O3.C4H11NO2.C4H6O4.CH4O/c1-29-15(30-2)9-25-8-12(17(26)18(31-3)16(25)20(28)32-4)19(27)24-7-11-13(22)5-10(21)6-14(11)23;1-25-9-15(23)12(6-21-8-16(26-2)27-3)17(24)22-7-11-13(19)4-10(18)5-14(11)20;1-20(2)7-11(14(21)8-23-3)15(22)19-6-10-12(17)4-9(16)5-13(10)18;1-6-4(3-5)7-2;1-7-3(5)4(6)8-2;1-2/h5-6,8,15H,7,9H2,1-4H3,(H,24,27);4-6,16,23H,7-9H2,1-3H3,(H,22,24);4-5,7H,6,8H2,1-3H3,(H,19,22);4H,3,5H2,1-2H3;1-2H3;2H,1H3/b;;11-7-;;;. The van der Waals surface area contributed by atoms with Crippen molar-refractivity contribution in [1.82, 2.24) is 25.4 Å². The summed E-state index contributed by atoms with van der Waals surface area (Å²) in [6.07, 6.45) is 1.61. The number of aliphatic hydroxyl groups is 2. The molecular formula is C61H80F9N7O22. The minimum atomic E-state index is -1.21. The van der Waals surface area contributed by atoms with E-state index in [1.807, 2.05) is 0 Å². The number of aliphatic hydroxyl groups excluding tert-OH is 2. The van der Waals surface area contributed by atoms with Crippen molar-refractivity contribution in [3.8, 4) is 5.75 Å². The van der Waals surface area contributed by atoms with E-state index in [2.05, 4.69) is 35.2 Å². The summed E-state index contributed by atoms with van der Waals surface area (Å²) in [6, 6.07) is 2.94. The largest absolute Gasteiger partial charge is 0.509 e. The summed E-state index contributed by atoms with van der Waals surface area (Å²) in [4.78, 5) is 99.4. The average molecular weight is 1430 g/mol. The number of nitrogens with one attached hydrogen (secondary N) is 3. The second-order valence-electron chi connectivity index (χ2n) is 18.6. The molecule has 1 heterocycles. The Morgan fingerprint density at radius 1 is 0.576 bits per heavy atom. The van der Waals surface area contributed by atoms with Gasteiger partial charge in [-0.1, -0.05) is 0 Å². The molecule has 0 aliphatic heterocycles. The van der Waals surface area contributed by atoms with E-state index in [0.29, 0.717) is 42.9 Å². The summed E-state index contributed by atoms with van der Waals surface area (Å²) in [5, 5.41) is 23.6. The van der Waals surface area contributed by atoms with Gasteiger partial charge in [-0.2, -0.15) is 0 Å². The fourth-order valence-electron chi connectivity index (χ4n) is 7.00. The van der Waals surface area contributed by atoms with Gasteiger partial charge < -0.3 is 98.2 Å². The molecule has 7 N–H and O–H groups in total. The van der Waals surface area contributed by atoms with Crippen molar-refractivity contribution in [1.29, 1.82) is 0 Å². The lowest BCUT2D eigenvalue weighted by atomic mass is 10.1. The number of aliphatic imine (C=N–C) groups is 1. The van der Waals surface area contributed by atoms with E-state index < -0.39 is 165 Å². The maximum Gasteiger partial charge on any atom is 0.417 e. The minimum absolute atomic E-state index is 0.0330. The van der Waals surface area contributed by atoms with Crippen LogP contribution in [0.1, 0.15) is 37.5 Å². The zero-order valence-corrected chi connectivity index (χ0v) is 56.5. The SMILES string of the molecule is CO.COC(=O)C(=O)OC.COC(=O)c1c(OC)c(=O)c(C(=O)NCc2c(F)cc(F)cc2F)cn1CC(OC)OC.COC(CN)OC.COCC(=O)/C(=C/N(C)C)C(=O)NCc1c(F)cc(F)cc1F.COCC(O)=C(C=NCC(OC)OC)C(=O)NCc1c(F)cc(F)cc1F. The van der Waals surface area contributed by atoms with Crippen LogP contribution in [0.4, 0.5) is 39.5 Å². The smallest absolute Gasteiger partial charge is 0.417 e. The van der Waals surface area contributed by atoms with E-state index in [9.17, 15) is 83.0 Å². The van der Waals surface area contributed by atoms with E-state index in [1.54, 1.807) is 28.3 Å². The number of rotatable bonds is 29. The van der Waals surface area contributed by atoms with E-state index in [-0.39, 0.29) is 49.4 Å². The molecule has 0 bridgehead atoms. The van der Waals surface area contributed by atoms with Gasteiger partial charge in [0.1, 0.15) is 82.5 Å². The Morgan fingerprint density at radius 3 is 1.30 bits per heavy atom. The van der Waals surface area contributed by atoms with E-state index >= 15 is 0 Å². The van der Waals surface area contributed by atoms with Crippen LogP contribution in [0.2, 0.25) is 0 Å². The molecule has 0 aliphatic rings. The molecule has 3 aromatic carbocycles. The first kappa shape index (κ1) is 91.7. The molecule has 0 saturated carbocycles. The molecule has 0 aliphatic carbocycles. The number of Topliss-reactive ketones (excluding diaryl/α,β-unsaturated/α-hetero) is 1. The van der Waals surface area contributed by atoms with Crippen LogP contribution in [0.3, 0.4) is 0 Å². The van der Waals surface area contributed by atoms with Gasteiger partial charge in [-0.05, 0) is 0 Å². The molecule has 0 unspecified atom stereocenters. The van der Waals surface area contributed by atoms with Crippen molar-refractivity contribution in [2.24, 2.45) is 10.7 Å². The van der Waals surface area contributed by atoms with Gasteiger partial charge in [-0.15, -0.1) is 0 Å². The molecule has 29 nitrogen and oxygen atoms in total. The predicted molar refractivity (Wildman–Crippen MR) is 331 cm³/mol. The van der Waals surface area contributed by atoms with Crippen LogP contribution in [0.15, 0.2) is 75.5 Å². The second-order valence-corrected chi connectivity index (χ2v) is 18.6. The van der Waals surface area contributed by atoms with Crippen molar-refractivity contribution in [2.75, 3.05) is 133 Å². The van der Waals surface area contributed by atoms with Crippen LogP contribution in [-0.4, -0.2) is 219 Å². The summed E-state index contributed by atoms with van der Waals surface area (Å²) in [5.41, 5.74) is 1.27. The highest BCUT2D eigenvalue weighted by Crippen LogP contribution is 2.21. The van der Waals surface area contributed by atoms with Gasteiger partial charge in [0.15, 0.2) is 36.1 Å². The van der Waals surface area contributed by atoms with Crippen LogP contribution in [0, 0.1) is 52.4 Å². The van der Waals surface area contributed by atoms with Gasteiger partial charge >= 0.3 is 17.9 Å². The van der Waals surface area contributed by atoms with Crippen LogP contribution in [-0.2, 0) is 102 Å². The maximum atomic E-state index is 13.8. The second kappa shape index (κ2) is 50.0. The molecule has 0 saturated heterocycles. The monoisotopic (exact) mass is 1430 g/mol. The number of esters is 3. The molecule has 0 radical (unpaired) electrons. The number of nitrogens with two attached hydrogens (primary N) is 1.